The molecule has 0 aliphatic heterocycles. The van der Waals surface area contributed by atoms with Gasteiger partial charge < -0.3 is 13.7 Å². The van der Waals surface area contributed by atoms with E-state index in [9.17, 15) is 21.6 Å². The molecule has 0 saturated heterocycles. The van der Waals surface area contributed by atoms with Gasteiger partial charge in [0.1, 0.15) is 5.75 Å². The van der Waals surface area contributed by atoms with Crippen LogP contribution in [0, 0.1) is 0 Å². The second-order valence-corrected chi connectivity index (χ2v) is 18.1. The second-order valence-electron chi connectivity index (χ2n) is 14.5. The molecule has 0 amide bonds. The fourth-order valence-electron chi connectivity index (χ4n) is 8.36. The van der Waals surface area contributed by atoms with Crippen LogP contribution < -0.4 is 9.08 Å². The predicted molar refractivity (Wildman–Crippen MR) is 242 cm³/mol. The number of halogens is 3. The number of rotatable bonds is 7. The van der Waals surface area contributed by atoms with E-state index in [1.54, 1.807) is 11.3 Å². The fraction of sp³-hybridized carbons (Fsp3) is 0.0204. The third kappa shape index (κ3) is 5.83. The van der Waals surface area contributed by atoms with E-state index in [1.165, 1.54) is 23.5 Å². The number of fused-ring (bicyclic) bond motifs is 9. The molecule has 11 heteroatoms. The summed E-state index contributed by atoms with van der Waals surface area (Å²) in [5, 5.41) is 5.66. The van der Waals surface area contributed by atoms with E-state index < -0.39 is 21.4 Å². The van der Waals surface area contributed by atoms with Crippen molar-refractivity contribution in [2.24, 2.45) is 0 Å². The summed E-state index contributed by atoms with van der Waals surface area (Å²) in [5.41, 5.74) is 1.32. The Bertz CT molecular complexity index is 3600. The highest BCUT2D eigenvalue weighted by Crippen LogP contribution is 2.50. The van der Waals surface area contributed by atoms with Crippen molar-refractivity contribution in [2.45, 2.75) is 5.51 Å². The minimum Gasteiger partial charge on any atom is -0.376 e. The number of hydrogen-bond acceptors (Lipinski definition) is 6. The average Bonchev–Trinajstić information content (AvgIpc) is 3.93. The van der Waals surface area contributed by atoms with Gasteiger partial charge in [-0.1, -0.05) is 97.1 Å². The highest BCUT2D eigenvalue weighted by molar-refractivity contribution is 7.88. The number of thiophene rings is 2. The van der Waals surface area contributed by atoms with Crippen molar-refractivity contribution in [1.82, 2.24) is 4.57 Å². The highest BCUT2D eigenvalue weighted by atomic mass is 32.2. The van der Waals surface area contributed by atoms with E-state index in [1.807, 2.05) is 102 Å². The molecular formula is C49H29F3N2O3S3. The molecule has 0 aliphatic carbocycles. The van der Waals surface area contributed by atoms with Crippen molar-refractivity contribution >= 4 is 112 Å². The Kier molecular flexibility index (Phi) is 8.32. The van der Waals surface area contributed by atoms with E-state index >= 15 is 0 Å². The van der Waals surface area contributed by atoms with Crippen molar-refractivity contribution in [3.05, 3.63) is 176 Å². The first-order valence-electron chi connectivity index (χ1n) is 19.0. The molecular weight excluding hydrogens is 818 g/mol. The van der Waals surface area contributed by atoms with E-state index in [4.69, 9.17) is 4.18 Å². The number of hydrogen-bond donors (Lipinski definition) is 0. The van der Waals surface area contributed by atoms with Gasteiger partial charge in [-0.05, 0) is 83.9 Å². The van der Waals surface area contributed by atoms with Gasteiger partial charge in [0.2, 0.25) is 0 Å². The first-order chi connectivity index (χ1) is 29.1. The zero-order chi connectivity index (χ0) is 40.8. The van der Waals surface area contributed by atoms with E-state index in [-0.39, 0.29) is 0 Å². The molecule has 5 nitrogen and oxygen atoms in total. The Morgan fingerprint density at radius 3 is 2.02 bits per heavy atom. The van der Waals surface area contributed by atoms with Gasteiger partial charge >= 0.3 is 15.6 Å². The van der Waals surface area contributed by atoms with Crippen LogP contribution in [0.5, 0.6) is 5.75 Å². The van der Waals surface area contributed by atoms with Crippen molar-refractivity contribution < 1.29 is 25.8 Å². The Labute approximate surface area is 349 Å². The summed E-state index contributed by atoms with van der Waals surface area (Å²) < 4.78 is 78.0. The molecule has 0 bridgehead atoms. The van der Waals surface area contributed by atoms with Gasteiger partial charge in [0, 0.05) is 69.5 Å². The lowest BCUT2D eigenvalue weighted by Gasteiger charge is -2.26. The molecule has 0 aliphatic rings. The lowest BCUT2D eigenvalue weighted by Crippen LogP contribution is -2.28. The number of para-hydroxylation sites is 3. The molecule has 0 radical (unpaired) electrons. The van der Waals surface area contributed by atoms with Crippen molar-refractivity contribution in [3.8, 4) is 22.6 Å². The Balaban J connectivity index is 1.16. The minimum absolute atomic E-state index is 0.447. The summed E-state index contributed by atoms with van der Waals surface area (Å²) in [6, 6.07) is 57.4. The summed E-state index contributed by atoms with van der Waals surface area (Å²) >= 11 is 3.14. The van der Waals surface area contributed by atoms with Crippen LogP contribution in [0.2, 0.25) is 0 Å². The van der Waals surface area contributed by atoms with Gasteiger partial charge in [-0.25, -0.2) is 0 Å². The molecule has 60 heavy (non-hydrogen) atoms. The van der Waals surface area contributed by atoms with Crippen LogP contribution in [0.1, 0.15) is 0 Å². The summed E-state index contributed by atoms with van der Waals surface area (Å²) in [6.07, 6.45) is 0. The quantitative estimate of drug-likeness (QED) is 0.118. The first-order valence-corrected chi connectivity index (χ1v) is 22.0. The van der Waals surface area contributed by atoms with Crippen LogP contribution in [0.4, 0.5) is 30.2 Å². The number of aromatic nitrogens is 1. The Hall–Kier alpha value is -6.66. The fourth-order valence-corrected chi connectivity index (χ4v) is 11.1. The zero-order valence-electron chi connectivity index (χ0n) is 31.2. The van der Waals surface area contributed by atoms with Gasteiger partial charge in [-0.2, -0.15) is 21.6 Å². The van der Waals surface area contributed by atoms with Gasteiger partial charge in [0.15, 0.2) is 0 Å². The number of anilines is 3. The molecule has 0 N–H and O–H groups in total. The summed E-state index contributed by atoms with van der Waals surface area (Å²) in [4.78, 5) is 1.95. The molecule has 11 aromatic rings. The lowest BCUT2D eigenvalue weighted by molar-refractivity contribution is -0.0500. The molecule has 0 fully saturated rings. The van der Waals surface area contributed by atoms with Crippen molar-refractivity contribution in [1.29, 1.82) is 0 Å². The van der Waals surface area contributed by atoms with E-state index in [0.29, 0.717) is 11.1 Å². The Morgan fingerprint density at radius 1 is 0.533 bits per heavy atom. The third-order valence-corrected chi connectivity index (χ3v) is 14.2. The molecule has 3 aromatic heterocycles. The van der Waals surface area contributed by atoms with Crippen molar-refractivity contribution in [2.75, 3.05) is 4.90 Å². The Morgan fingerprint density at radius 2 is 1.22 bits per heavy atom. The maximum Gasteiger partial charge on any atom is 0.534 e. The maximum absolute atomic E-state index is 13.9. The maximum atomic E-state index is 13.9. The normalized spacial score (nSPS) is 12.4. The predicted octanol–water partition coefficient (Wildman–Crippen LogP) is 14.9. The van der Waals surface area contributed by atoms with E-state index in [0.717, 1.165) is 85.0 Å². The van der Waals surface area contributed by atoms with Gasteiger partial charge in [-0.3, -0.25) is 0 Å². The zero-order valence-corrected chi connectivity index (χ0v) is 33.7. The van der Waals surface area contributed by atoms with Crippen LogP contribution in [0.25, 0.3) is 79.0 Å². The molecule has 3 heterocycles. The molecule has 0 saturated carbocycles. The lowest BCUT2D eigenvalue weighted by atomic mass is 9.97. The van der Waals surface area contributed by atoms with Crippen LogP contribution >= 0.6 is 22.7 Å². The van der Waals surface area contributed by atoms with Crippen molar-refractivity contribution in [3.63, 3.8) is 0 Å². The molecule has 8 aromatic carbocycles. The van der Waals surface area contributed by atoms with Crippen LogP contribution in [0.3, 0.4) is 0 Å². The summed E-state index contributed by atoms with van der Waals surface area (Å²) in [6.45, 7) is 0. The molecule has 292 valence electrons. The summed E-state index contributed by atoms with van der Waals surface area (Å²) in [7, 11) is -6.00. The van der Waals surface area contributed by atoms with Gasteiger partial charge in [0.25, 0.3) is 0 Å². The highest BCUT2D eigenvalue weighted by Gasteiger charge is 2.48. The van der Waals surface area contributed by atoms with Crippen LogP contribution in [0.15, 0.2) is 176 Å². The van der Waals surface area contributed by atoms with Crippen LogP contribution in [-0.2, 0) is 10.1 Å². The molecule has 0 atom stereocenters. The van der Waals surface area contributed by atoms with Gasteiger partial charge in [-0.15, -0.1) is 22.7 Å². The van der Waals surface area contributed by atoms with E-state index in [2.05, 4.69) is 71.3 Å². The number of alkyl halides is 3. The number of nitrogens with zero attached hydrogens (tertiary/aromatic N) is 2. The average molecular weight is 847 g/mol. The minimum atomic E-state index is -6.00. The SMILES string of the molecule is O=S(=O)(Oc1cc(N(c2ccccc2)c2ccc3c(c2)sc2ccccc23)c2sc3ccc(-c4cccc5c4c4ccccc4n5-c4ccccc4)cc3c2c1)C(F)(F)F. The first kappa shape index (κ1) is 36.4. The van der Waals surface area contributed by atoms with Crippen LogP contribution in [-0.4, -0.2) is 18.5 Å². The smallest absolute Gasteiger partial charge is 0.376 e. The summed E-state index contributed by atoms with van der Waals surface area (Å²) in [5.74, 6) is -0.447. The monoisotopic (exact) mass is 846 g/mol. The second kappa shape index (κ2) is 13.7. The topological polar surface area (TPSA) is 51.5 Å². The largest absolute Gasteiger partial charge is 0.534 e. The molecule has 11 rings (SSSR count). The number of benzene rings is 8. The standard InChI is InChI=1S/C49H29F3N2O3S3/c50-49(51,52)60(55,56)57-34-28-40-39-26-30(35-18-11-20-42-47(35)38-17-7-9-19-41(38)54(42)32-14-5-2-6-15-32)22-25-45(39)59-48(40)43(29-34)53(31-12-3-1-4-13-31)33-23-24-37-36-16-8-10-21-44(36)58-46(37)27-33/h1-29H. The molecule has 0 unspecified atom stereocenters. The molecule has 0 spiro atoms. The van der Waals surface area contributed by atoms with Gasteiger partial charge in [0.05, 0.1) is 21.4 Å². The third-order valence-electron chi connectivity index (χ3n) is 10.9.